The first kappa shape index (κ1) is 20.7. The lowest BCUT2D eigenvalue weighted by Crippen LogP contribution is -2.24. The second-order valence-corrected chi connectivity index (χ2v) is 5.93. The number of carbonyl (C=O) groups excluding carboxylic acids is 2. The predicted octanol–water partition coefficient (Wildman–Crippen LogP) is 3.57. The van der Waals surface area contributed by atoms with Gasteiger partial charge in [-0.05, 0) is 18.2 Å². The second-order valence-electron chi connectivity index (χ2n) is 5.11. The summed E-state index contributed by atoms with van der Waals surface area (Å²) in [4.78, 5) is 23.7. The molecule has 0 unspecified atom stereocenters. The molecule has 0 spiro atoms. The van der Waals surface area contributed by atoms with Crippen LogP contribution in [-0.4, -0.2) is 39.3 Å². The van der Waals surface area contributed by atoms with Crippen molar-refractivity contribution in [3.63, 3.8) is 0 Å². The Kier molecular flexibility index (Phi) is 7.57. The van der Waals surface area contributed by atoms with Crippen LogP contribution in [0.15, 0.2) is 36.4 Å². The summed E-state index contributed by atoms with van der Waals surface area (Å²) in [6.07, 6.45) is 0. The number of hydrogen-bond acceptors (Lipinski definition) is 6. The lowest BCUT2D eigenvalue weighted by molar-refractivity contribution is -0.149. The Bertz CT molecular complexity index is 827. The van der Waals surface area contributed by atoms with E-state index < -0.39 is 18.5 Å². The summed E-state index contributed by atoms with van der Waals surface area (Å²) in [6.45, 7) is -0.883. The number of esters is 1. The number of hydrogen-bond donors (Lipinski definition) is 1. The van der Waals surface area contributed by atoms with Crippen molar-refractivity contribution >= 4 is 40.8 Å². The van der Waals surface area contributed by atoms with Gasteiger partial charge in [-0.15, -0.1) is 0 Å². The summed E-state index contributed by atoms with van der Waals surface area (Å²) in [5, 5.41) is 3.21. The molecule has 2 rings (SSSR count). The molecule has 0 aliphatic heterocycles. The van der Waals surface area contributed by atoms with E-state index in [1.54, 1.807) is 24.3 Å². The molecule has 0 aromatic heterocycles. The molecule has 1 N–H and O–H groups in total. The zero-order valence-electron chi connectivity index (χ0n) is 14.6. The zero-order chi connectivity index (χ0) is 19.8. The van der Waals surface area contributed by atoms with Gasteiger partial charge in [0.15, 0.2) is 13.2 Å². The minimum absolute atomic E-state index is 0.290. The Balaban J connectivity index is 1.86. The molecular weight excluding hydrogens is 397 g/mol. The number of para-hydroxylation sites is 1. The number of carbonyl (C=O) groups is 2. The molecule has 0 radical (unpaired) electrons. The molecule has 2 aromatic carbocycles. The molecule has 0 saturated carbocycles. The van der Waals surface area contributed by atoms with Crippen molar-refractivity contribution in [2.24, 2.45) is 0 Å². The van der Waals surface area contributed by atoms with Crippen molar-refractivity contribution in [2.75, 3.05) is 32.8 Å². The third-order valence-electron chi connectivity index (χ3n) is 3.29. The molecule has 7 nitrogen and oxygen atoms in total. The van der Waals surface area contributed by atoms with Crippen molar-refractivity contribution in [1.82, 2.24) is 0 Å². The van der Waals surface area contributed by atoms with Crippen LogP contribution in [0.3, 0.4) is 0 Å². The first-order valence-corrected chi connectivity index (χ1v) is 8.44. The van der Waals surface area contributed by atoms with Gasteiger partial charge in [0.05, 0.1) is 30.0 Å². The van der Waals surface area contributed by atoms with Crippen molar-refractivity contribution in [3.8, 4) is 17.2 Å². The van der Waals surface area contributed by atoms with E-state index in [0.29, 0.717) is 33.0 Å². The first-order chi connectivity index (χ1) is 12.9. The molecule has 0 saturated heterocycles. The number of methoxy groups -OCH3 is 2. The van der Waals surface area contributed by atoms with Gasteiger partial charge < -0.3 is 24.3 Å². The van der Waals surface area contributed by atoms with E-state index in [-0.39, 0.29) is 6.61 Å². The number of ether oxygens (including phenoxy) is 4. The lowest BCUT2D eigenvalue weighted by atomic mass is 10.2. The van der Waals surface area contributed by atoms with Crippen molar-refractivity contribution in [3.05, 3.63) is 46.4 Å². The van der Waals surface area contributed by atoms with Gasteiger partial charge >= 0.3 is 5.97 Å². The maximum atomic E-state index is 12.0. The molecule has 0 aliphatic carbocycles. The van der Waals surface area contributed by atoms with E-state index in [1.807, 2.05) is 0 Å². The number of amides is 1. The molecule has 0 fully saturated rings. The average Bonchev–Trinajstić information content (AvgIpc) is 2.66. The van der Waals surface area contributed by atoms with Crippen molar-refractivity contribution in [1.29, 1.82) is 0 Å². The standard InChI is InChI=1S/C18H17Cl2NO6/c1-24-15-8-16(25-2)13(7-12(15)20)21-17(22)9-27-18(23)10-26-14-6-4-3-5-11(14)19/h3-8H,9-10H2,1-2H3,(H,21,22). The molecule has 0 bridgehead atoms. The van der Waals surface area contributed by atoms with E-state index in [2.05, 4.69) is 5.32 Å². The van der Waals surface area contributed by atoms with Gasteiger partial charge in [-0.25, -0.2) is 4.79 Å². The summed E-state index contributed by atoms with van der Waals surface area (Å²) < 4.78 is 20.4. The summed E-state index contributed by atoms with van der Waals surface area (Å²) >= 11 is 12.0. The van der Waals surface area contributed by atoms with Crippen LogP contribution in [-0.2, 0) is 14.3 Å². The predicted molar refractivity (Wildman–Crippen MR) is 101 cm³/mol. The largest absolute Gasteiger partial charge is 0.495 e. The second kappa shape index (κ2) is 9.89. The van der Waals surface area contributed by atoms with Gasteiger partial charge in [-0.3, -0.25) is 4.79 Å². The quantitative estimate of drug-likeness (QED) is 0.665. The lowest BCUT2D eigenvalue weighted by Gasteiger charge is -2.13. The first-order valence-electron chi connectivity index (χ1n) is 7.69. The fourth-order valence-corrected chi connectivity index (χ4v) is 2.46. The Morgan fingerprint density at radius 3 is 2.30 bits per heavy atom. The molecule has 1 amide bonds. The van der Waals surface area contributed by atoms with Crippen LogP contribution in [0.25, 0.3) is 0 Å². The van der Waals surface area contributed by atoms with Crippen LogP contribution in [0.4, 0.5) is 5.69 Å². The van der Waals surface area contributed by atoms with Crippen LogP contribution >= 0.6 is 23.2 Å². The highest BCUT2D eigenvalue weighted by atomic mass is 35.5. The molecule has 2 aromatic rings. The summed E-state index contributed by atoms with van der Waals surface area (Å²) in [7, 11) is 2.90. The maximum absolute atomic E-state index is 12.0. The Morgan fingerprint density at radius 2 is 1.63 bits per heavy atom. The van der Waals surface area contributed by atoms with E-state index in [9.17, 15) is 9.59 Å². The molecule has 0 aliphatic rings. The SMILES string of the molecule is COc1cc(OC)c(NC(=O)COC(=O)COc2ccccc2Cl)cc1Cl. The fraction of sp³-hybridized carbons (Fsp3) is 0.222. The van der Waals surface area contributed by atoms with Gasteiger partial charge in [0, 0.05) is 6.07 Å². The smallest absolute Gasteiger partial charge is 0.344 e. The van der Waals surface area contributed by atoms with E-state index in [0.717, 1.165) is 0 Å². The minimum Gasteiger partial charge on any atom is -0.495 e. The van der Waals surface area contributed by atoms with Gasteiger partial charge in [0.2, 0.25) is 0 Å². The third-order valence-corrected chi connectivity index (χ3v) is 3.90. The van der Waals surface area contributed by atoms with Gasteiger partial charge in [0.1, 0.15) is 17.2 Å². The van der Waals surface area contributed by atoms with Crippen LogP contribution in [0.2, 0.25) is 10.0 Å². The van der Waals surface area contributed by atoms with Crippen molar-refractivity contribution < 1.29 is 28.5 Å². The van der Waals surface area contributed by atoms with Crippen LogP contribution in [0, 0.1) is 0 Å². The third kappa shape index (κ3) is 5.94. The summed E-state index contributed by atoms with van der Waals surface area (Å²) in [6, 6.07) is 9.69. The highest BCUT2D eigenvalue weighted by Gasteiger charge is 2.14. The number of benzene rings is 2. The molecule has 27 heavy (non-hydrogen) atoms. The van der Waals surface area contributed by atoms with Crippen LogP contribution < -0.4 is 19.5 Å². The van der Waals surface area contributed by atoms with Gasteiger partial charge in [-0.2, -0.15) is 0 Å². The van der Waals surface area contributed by atoms with Gasteiger partial charge in [0.25, 0.3) is 5.91 Å². The molecule has 9 heteroatoms. The molecular formula is C18H17Cl2NO6. The van der Waals surface area contributed by atoms with E-state index in [4.69, 9.17) is 42.1 Å². The summed E-state index contributed by atoms with van der Waals surface area (Å²) in [5.41, 5.74) is 0.316. The zero-order valence-corrected chi connectivity index (χ0v) is 16.1. The highest BCUT2D eigenvalue weighted by molar-refractivity contribution is 6.32. The topological polar surface area (TPSA) is 83.1 Å². The van der Waals surface area contributed by atoms with E-state index in [1.165, 1.54) is 26.4 Å². The van der Waals surface area contributed by atoms with Crippen molar-refractivity contribution in [2.45, 2.75) is 0 Å². The Hall–Kier alpha value is -2.64. The number of halogens is 2. The normalized spacial score (nSPS) is 10.1. The number of nitrogens with one attached hydrogen (secondary N) is 1. The molecule has 0 heterocycles. The molecule has 0 atom stereocenters. The maximum Gasteiger partial charge on any atom is 0.344 e. The monoisotopic (exact) mass is 413 g/mol. The fourth-order valence-electron chi connectivity index (χ4n) is 2.03. The van der Waals surface area contributed by atoms with Crippen LogP contribution in [0.1, 0.15) is 0 Å². The minimum atomic E-state index is -0.718. The van der Waals surface area contributed by atoms with E-state index >= 15 is 0 Å². The average molecular weight is 414 g/mol. The molecule has 144 valence electrons. The highest BCUT2D eigenvalue weighted by Crippen LogP contribution is 2.35. The summed E-state index contributed by atoms with van der Waals surface area (Å²) in [5.74, 6) is -0.198. The number of rotatable bonds is 8. The van der Waals surface area contributed by atoms with Crippen LogP contribution in [0.5, 0.6) is 17.2 Å². The Morgan fingerprint density at radius 1 is 0.926 bits per heavy atom. The van der Waals surface area contributed by atoms with Gasteiger partial charge in [-0.1, -0.05) is 35.3 Å². The Labute approximate surface area is 166 Å². The number of anilines is 1.